The van der Waals surface area contributed by atoms with Crippen molar-refractivity contribution in [2.75, 3.05) is 19.0 Å². The highest BCUT2D eigenvalue weighted by Gasteiger charge is 2.27. The number of methoxy groups -OCH3 is 1. The Balaban J connectivity index is 1.51. The molecule has 0 bridgehead atoms. The zero-order chi connectivity index (χ0) is 25.3. The van der Waals surface area contributed by atoms with Gasteiger partial charge in [-0.1, -0.05) is 0 Å². The van der Waals surface area contributed by atoms with Crippen molar-refractivity contribution in [3.8, 4) is 22.8 Å². The molecule has 4 rings (SSSR count). The first-order chi connectivity index (χ1) is 16.7. The van der Waals surface area contributed by atoms with Crippen molar-refractivity contribution >= 4 is 22.6 Å². The van der Waals surface area contributed by atoms with Crippen LogP contribution in [0.1, 0.15) is 0 Å². The van der Waals surface area contributed by atoms with Gasteiger partial charge in [-0.15, -0.1) is 0 Å². The van der Waals surface area contributed by atoms with Gasteiger partial charge in [0, 0.05) is 17.3 Å². The normalized spacial score (nSPS) is 10.9. The summed E-state index contributed by atoms with van der Waals surface area (Å²) in [4.78, 5) is 24.7. The Morgan fingerprint density at radius 3 is 2.14 bits per heavy atom. The molecule has 0 fully saturated rings. The number of halogens is 5. The Morgan fingerprint density at radius 1 is 0.886 bits per heavy atom. The molecule has 3 aromatic carbocycles. The Morgan fingerprint density at radius 2 is 1.51 bits per heavy atom. The number of fused-ring (bicyclic) bond motifs is 1. The van der Waals surface area contributed by atoms with Crippen LogP contribution in [0.25, 0.3) is 22.3 Å². The fourth-order valence-electron chi connectivity index (χ4n) is 3.18. The van der Waals surface area contributed by atoms with Crippen LogP contribution >= 0.6 is 0 Å². The van der Waals surface area contributed by atoms with Gasteiger partial charge in [-0.25, -0.2) is 13.2 Å². The van der Waals surface area contributed by atoms with Gasteiger partial charge in [-0.3, -0.25) is 9.59 Å². The summed E-state index contributed by atoms with van der Waals surface area (Å²) in [5.74, 6) is -12.8. The lowest BCUT2D eigenvalue weighted by Crippen LogP contribution is -2.21. The number of amides is 1. The van der Waals surface area contributed by atoms with Crippen molar-refractivity contribution in [2.45, 2.75) is 0 Å². The molecule has 180 valence electrons. The van der Waals surface area contributed by atoms with Gasteiger partial charge in [0.2, 0.25) is 29.1 Å². The minimum absolute atomic E-state index is 0.105. The Kier molecular flexibility index (Phi) is 6.41. The van der Waals surface area contributed by atoms with Crippen LogP contribution in [0.15, 0.2) is 57.7 Å². The van der Waals surface area contributed by atoms with E-state index in [1.54, 1.807) is 24.3 Å². The van der Waals surface area contributed by atoms with E-state index in [2.05, 4.69) is 10.1 Å². The number of nitrogens with one attached hydrogen (secondary N) is 1. The maximum absolute atomic E-state index is 13.7. The van der Waals surface area contributed by atoms with Gasteiger partial charge in [0.25, 0.3) is 5.91 Å². The summed E-state index contributed by atoms with van der Waals surface area (Å²) in [5.41, 5.74) is 0.547. The lowest BCUT2D eigenvalue weighted by molar-refractivity contribution is -0.118. The lowest BCUT2D eigenvalue weighted by Gasteiger charge is -2.11. The standard InChI is InChI=1S/C24H14F5NO5/c1-33-13-5-2-11(3-6-13)17-9-15(31)14-8-12(4-7-16(14)35-17)30-18(32)10-34-24-22(28)20(26)19(25)21(27)23(24)29/h2-9H,10H2,1H3,(H,30,32). The predicted octanol–water partition coefficient (Wildman–Crippen LogP) is 5.18. The van der Waals surface area contributed by atoms with Crippen LogP contribution < -0.4 is 20.2 Å². The van der Waals surface area contributed by atoms with Crippen molar-refractivity contribution in [2.24, 2.45) is 0 Å². The summed E-state index contributed by atoms with van der Waals surface area (Å²) in [6.07, 6.45) is 0. The van der Waals surface area contributed by atoms with Crippen molar-refractivity contribution in [3.63, 3.8) is 0 Å². The van der Waals surface area contributed by atoms with Gasteiger partial charge in [0.15, 0.2) is 17.8 Å². The third-order valence-corrected chi connectivity index (χ3v) is 4.90. The third kappa shape index (κ3) is 4.65. The van der Waals surface area contributed by atoms with Gasteiger partial charge in [-0.05, 0) is 42.5 Å². The second-order valence-corrected chi connectivity index (χ2v) is 7.15. The van der Waals surface area contributed by atoms with Crippen molar-refractivity contribution in [1.82, 2.24) is 0 Å². The first kappa shape index (κ1) is 23.7. The fraction of sp³-hybridized carbons (Fsp3) is 0.0833. The highest BCUT2D eigenvalue weighted by molar-refractivity contribution is 5.94. The molecular formula is C24H14F5NO5. The first-order valence-electron chi connectivity index (χ1n) is 9.86. The van der Waals surface area contributed by atoms with Crippen LogP contribution in [0.4, 0.5) is 27.6 Å². The summed E-state index contributed by atoms with van der Waals surface area (Å²) >= 11 is 0. The van der Waals surface area contributed by atoms with E-state index >= 15 is 0 Å². The van der Waals surface area contributed by atoms with Crippen molar-refractivity contribution in [3.05, 3.63) is 87.8 Å². The van der Waals surface area contributed by atoms with E-state index in [1.165, 1.54) is 31.4 Å². The largest absolute Gasteiger partial charge is 0.497 e. The topological polar surface area (TPSA) is 77.8 Å². The molecule has 0 unspecified atom stereocenters. The van der Waals surface area contributed by atoms with E-state index in [0.717, 1.165) is 0 Å². The Bertz CT molecular complexity index is 1470. The maximum Gasteiger partial charge on any atom is 0.262 e. The molecule has 0 aliphatic carbocycles. The minimum Gasteiger partial charge on any atom is -0.497 e. The number of carbonyl (C=O) groups excluding carboxylic acids is 1. The molecule has 0 saturated heterocycles. The number of rotatable bonds is 6. The van der Waals surface area contributed by atoms with Crippen molar-refractivity contribution < 1.29 is 40.6 Å². The first-order valence-corrected chi connectivity index (χ1v) is 9.86. The maximum atomic E-state index is 13.7. The van der Waals surface area contributed by atoms with E-state index in [0.29, 0.717) is 17.1 Å². The highest BCUT2D eigenvalue weighted by atomic mass is 19.2. The smallest absolute Gasteiger partial charge is 0.262 e. The molecule has 11 heteroatoms. The van der Waals surface area contributed by atoms with Gasteiger partial charge in [0.05, 0.1) is 12.5 Å². The van der Waals surface area contributed by atoms with Gasteiger partial charge >= 0.3 is 0 Å². The molecule has 0 saturated carbocycles. The van der Waals surface area contributed by atoms with E-state index in [4.69, 9.17) is 9.15 Å². The zero-order valence-corrected chi connectivity index (χ0v) is 17.8. The number of hydrogen-bond acceptors (Lipinski definition) is 5. The van der Waals surface area contributed by atoms with E-state index < -0.39 is 52.8 Å². The Labute approximate surface area is 193 Å². The molecule has 0 radical (unpaired) electrons. The van der Waals surface area contributed by atoms with E-state index in [9.17, 15) is 31.5 Å². The fourth-order valence-corrected chi connectivity index (χ4v) is 3.18. The number of ether oxygens (including phenoxy) is 2. The quantitative estimate of drug-likeness (QED) is 0.229. The highest BCUT2D eigenvalue weighted by Crippen LogP contribution is 2.29. The summed E-state index contributed by atoms with van der Waals surface area (Å²) in [6.45, 7) is -1.07. The third-order valence-electron chi connectivity index (χ3n) is 4.90. The van der Waals surface area contributed by atoms with Crippen LogP contribution in [0.2, 0.25) is 0 Å². The van der Waals surface area contributed by atoms with Crippen molar-refractivity contribution in [1.29, 1.82) is 0 Å². The minimum atomic E-state index is -2.35. The Hall–Kier alpha value is -4.41. The van der Waals surface area contributed by atoms with Crippen LogP contribution in [-0.4, -0.2) is 19.6 Å². The average molecular weight is 491 g/mol. The van der Waals surface area contributed by atoms with Crippen LogP contribution in [0.5, 0.6) is 11.5 Å². The second-order valence-electron chi connectivity index (χ2n) is 7.15. The summed E-state index contributed by atoms with van der Waals surface area (Å²) < 4.78 is 82.3. The van der Waals surface area contributed by atoms with Crippen LogP contribution in [-0.2, 0) is 4.79 Å². The zero-order valence-electron chi connectivity index (χ0n) is 17.8. The number of benzene rings is 3. The van der Waals surface area contributed by atoms with Gasteiger partial charge < -0.3 is 19.2 Å². The summed E-state index contributed by atoms with van der Waals surface area (Å²) in [5, 5.41) is 2.43. The molecule has 1 heterocycles. The number of carbonyl (C=O) groups is 1. The number of hydrogen-bond donors (Lipinski definition) is 1. The number of anilines is 1. The summed E-state index contributed by atoms with van der Waals surface area (Å²) in [6, 6.07) is 12.2. The van der Waals surface area contributed by atoms with Crippen LogP contribution in [0, 0.1) is 29.1 Å². The van der Waals surface area contributed by atoms with Gasteiger partial charge in [-0.2, -0.15) is 8.78 Å². The van der Waals surface area contributed by atoms with Gasteiger partial charge in [0.1, 0.15) is 17.1 Å². The lowest BCUT2D eigenvalue weighted by atomic mass is 10.1. The van der Waals surface area contributed by atoms with E-state index in [-0.39, 0.29) is 16.7 Å². The predicted molar refractivity (Wildman–Crippen MR) is 115 cm³/mol. The average Bonchev–Trinajstić information content (AvgIpc) is 2.86. The molecule has 0 aliphatic heterocycles. The van der Waals surface area contributed by atoms with Crippen LogP contribution in [0.3, 0.4) is 0 Å². The SMILES string of the molecule is COc1ccc(-c2cc(=O)c3cc(NC(=O)COc4c(F)c(F)c(F)c(F)c4F)ccc3o2)cc1. The molecule has 0 spiro atoms. The summed E-state index contributed by atoms with van der Waals surface area (Å²) in [7, 11) is 1.52. The molecule has 35 heavy (non-hydrogen) atoms. The monoisotopic (exact) mass is 491 g/mol. The second kappa shape index (κ2) is 9.45. The molecule has 0 atom stereocenters. The molecule has 4 aromatic rings. The molecule has 1 N–H and O–H groups in total. The molecule has 1 amide bonds. The molecule has 1 aromatic heterocycles. The van der Waals surface area contributed by atoms with E-state index in [1.807, 2.05) is 0 Å². The molecular weight excluding hydrogens is 477 g/mol. The molecule has 0 aliphatic rings. The molecule has 6 nitrogen and oxygen atoms in total.